The van der Waals surface area contributed by atoms with Crippen LogP contribution in [0.4, 0.5) is 5.69 Å². The minimum Gasteiger partial charge on any atom is -0.495 e. The third-order valence-electron chi connectivity index (χ3n) is 3.34. The van der Waals surface area contributed by atoms with E-state index in [1.807, 2.05) is 13.0 Å². The number of amides is 2. The maximum absolute atomic E-state index is 12.5. The largest absolute Gasteiger partial charge is 0.495 e. The van der Waals surface area contributed by atoms with Crippen molar-refractivity contribution in [2.24, 2.45) is 0 Å². The molecule has 0 unspecified atom stereocenters. The number of nitrogens with one attached hydrogen (secondary N) is 1. The molecule has 0 aliphatic carbocycles. The highest BCUT2D eigenvalue weighted by Crippen LogP contribution is 2.23. The topological polar surface area (TPSA) is 71.5 Å². The number of pyridine rings is 1. The molecular formula is C17H18BrN3O3. The fourth-order valence-electron chi connectivity index (χ4n) is 2.15. The molecule has 0 saturated heterocycles. The Morgan fingerprint density at radius 2 is 2.04 bits per heavy atom. The van der Waals surface area contributed by atoms with Gasteiger partial charge in [-0.05, 0) is 41.1 Å². The molecule has 1 heterocycles. The van der Waals surface area contributed by atoms with E-state index >= 15 is 0 Å². The van der Waals surface area contributed by atoms with Gasteiger partial charge >= 0.3 is 0 Å². The molecule has 126 valence electrons. The Kier molecular flexibility index (Phi) is 6.31. The molecule has 6 nitrogen and oxygen atoms in total. The summed E-state index contributed by atoms with van der Waals surface area (Å²) in [5, 5.41) is 2.76. The zero-order valence-electron chi connectivity index (χ0n) is 13.5. The van der Waals surface area contributed by atoms with E-state index in [1.54, 1.807) is 30.5 Å². The highest BCUT2D eigenvalue weighted by Gasteiger charge is 2.18. The minimum absolute atomic E-state index is 0.0557. The minimum atomic E-state index is -0.294. The second kappa shape index (κ2) is 8.44. The number of benzene rings is 1. The van der Waals surface area contributed by atoms with Crippen molar-refractivity contribution in [3.05, 3.63) is 52.8 Å². The maximum atomic E-state index is 12.5. The summed E-state index contributed by atoms with van der Waals surface area (Å²) in [5.74, 6) is 0.0237. The predicted octanol–water partition coefficient (Wildman–Crippen LogP) is 2.95. The van der Waals surface area contributed by atoms with Crippen LogP contribution >= 0.6 is 15.9 Å². The van der Waals surface area contributed by atoms with Gasteiger partial charge in [0, 0.05) is 23.4 Å². The highest BCUT2D eigenvalue weighted by molar-refractivity contribution is 9.10. The number of methoxy groups -OCH3 is 1. The average Bonchev–Trinajstić information content (AvgIpc) is 2.59. The molecule has 0 atom stereocenters. The van der Waals surface area contributed by atoms with E-state index in [1.165, 1.54) is 18.2 Å². The fourth-order valence-corrected chi connectivity index (χ4v) is 2.51. The first-order valence-electron chi connectivity index (χ1n) is 7.37. The quantitative estimate of drug-likeness (QED) is 0.821. The summed E-state index contributed by atoms with van der Waals surface area (Å²) >= 11 is 3.29. The number of para-hydroxylation sites is 2. The maximum Gasteiger partial charge on any atom is 0.255 e. The van der Waals surface area contributed by atoms with E-state index in [0.717, 1.165) is 0 Å². The van der Waals surface area contributed by atoms with Crippen LogP contribution in [-0.2, 0) is 4.79 Å². The van der Waals surface area contributed by atoms with Crippen molar-refractivity contribution in [1.29, 1.82) is 0 Å². The molecule has 24 heavy (non-hydrogen) atoms. The van der Waals surface area contributed by atoms with Crippen LogP contribution in [0.15, 0.2) is 47.2 Å². The Balaban J connectivity index is 2.06. The number of nitrogens with zero attached hydrogens (tertiary/aromatic N) is 2. The number of hydrogen-bond donors (Lipinski definition) is 1. The first-order valence-corrected chi connectivity index (χ1v) is 8.17. The number of carbonyl (C=O) groups excluding carboxylic acids is 2. The summed E-state index contributed by atoms with van der Waals surface area (Å²) in [7, 11) is 1.53. The smallest absolute Gasteiger partial charge is 0.255 e. The van der Waals surface area contributed by atoms with E-state index in [4.69, 9.17) is 4.74 Å². The Morgan fingerprint density at radius 3 is 2.71 bits per heavy atom. The molecule has 1 N–H and O–H groups in total. The van der Waals surface area contributed by atoms with Crippen LogP contribution in [0.2, 0.25) is 0 Å². The normalized spacial score (nSPS) is 10.1. The summed E-state index contributed by atoms with van der Waals surface area (Å²) < 4.78 is 5.91. The van der Waals surface area contributed by atoms with Gasteiger partial charge in [0.05, 0.1) is 18.4 Å². The molecule has 0 saturated carbocycles. The average molecular weight is 392 g/mol. The molecule has 0 bridgehead atoms. The second-order valence-corrected chi connectivity index (χ2v) is 5.88. The Bertz CT molecular complexity index is 737. The zero-order valence-corrected chi connectivity index (χ0v) is 15.0. The van der Waals surface area contributed by atoms with E-state index in [9.17, 15) is 9.59 Å². The Morgan fingerprint density at radius 1 is 1.29 bits per heavy atom. The van der Waals surface area contributed by atoms with Crippen molar-refractivity contribution in [2.75, 3.05) is 25.5 Å². The zero-order chi connectivity index (χ0) is 17.5. The van der Waals surface area contributed by atoms with Crippen molar-refractivity contribution >= 4 is 33.4 Å². The molecule has 1 aromatic carbocycles. The van der Waals surface area contributed by atoms with Gasteiger partial charge < -0.3 is 15.0 Å². The van der Waals surface area contributed by atoms with Gasteiger partial charge in [-0.25, -0.2) is 0 Å². The highest BCUT2D eigenvalue weighted by atomic mass is 79.9. The molecular weight excluding hydrogens is 374 g/mol. The third-order valence-corrected chi connectivity index (χ3v) is 3.77. The summed E-state index contributed by atoms with van der Waals surface area (Å²) in [6.45, 7) is 2.17. The van der Waals surface area contributed by atoms with Gasteiger partial charge in [-0.15, -0.1) is 0 Å². The van der Waals surface area contributed by atoms with E-state index in [-0.39, 0.29) is 18.4 Å². The number of carbonyl (C=O) groups is 2. The summed E-state index contributed by atoms with van der Waals surface area (Å²) in [6.07, 6.45) is 3.08. The molecule has 2 rings (SSSR count). The van der Waals surface area contributed by atoms with E-state index in [0.29, 0.717) is 28.0 Å². The lowest BCUT2D eigenvalue weighted by Crippen LogP contribution is -2.38. The summed E-state index contributed by atoms with van der Waals surface area (Å²) in [4.78, 5) is 30.2. The van der Waals surface area contributed by atoms with E-state index < -0.39 is 0 Å². The predicted molar refractivity (Wildman–Crippen MR) is 95.1 cm³/mol. The molecule has 2 aromatic rings. The number of halogens is 1. The lowest BCUT2D eigenvalue weighted by Gasteiger charge is -2.20. The van der Waals surface area contributed by atoms with Gasteiger partial charge in [0.1, 0.15) is 12.3 Å². The van der Waals surface area contributed by atoms with Gasteiger partial charge in [0.15, 0.2) is 0 Å². The molecule has 0 aliphatic rings. The van der Waals surface area contributed by atoms with Gasteiger partial charge in [-0.1, -0.05) is 12.1 Å². The number of anilines is 1. The van der Waals surface area contributed by atoms with Crippen molar-refractivity contribution in [3.8, 4) is 5.75 Å². The number of aromatic nitrogens is 1. The van der Waals surface area contributed by atoms with Crippen LogP contribution < -0.4 is 10.1 Å². The van der Waals surface area contributed by atoms with Crippen molar-refractivity contribution in [1.82, 2.24) is 9.88 Å². The van der Waals surface area contributed by atoms with E-state index in [2.05, 4.69) is 26.2 Å². The first-order chi connectivity index (χ1) is 11.5. The van der Waals surface area contributed by atoms with Crippen LogP contribution in [0, 0.1) is 0 Å². The molecule has 0 radical (unpaired) electrons. The standard InChI is InChI=1S/C17H18BrN3O3/c1-3-21(17(23)12-8-13(18)10-19-9-12)11-16(22)20-14-6-4-5-7-15(14)24-2/h4-10H,3,11H2,1-2H3,(H,20,22). The molecule has 0 aliphatic heterocycles. The Labute approximate surface area is 149 Å². The van der Waals surface area contributed by atoms with Crippen LogP contribution in [-0.4, -0.2) is 41.9 Å². The van der Waals surface area contributed by atoms with Gasteiger partial charge in [-0.2, -0.15) is 0 Å². The molecule has 0 spiro atoms. The van der Waals surface area contributed by atoms with Crippen molar-refractivity contribution < 1.29 is 14.3 Å². The fraction of sp³-hybridized carbons (Fsp3) is 0.235. The lowest BCUT2D eigenvalue weighted by atomic mass is 10.2. The molecule has 2 amide bonds. The monoisotopic (exact) mass is 391 g/mol. The van der Waals surface area contributed by atoms with Crippen LogP contribution in [0.1, 0.15) is 17.3 Å². The SMILES string of the molecule is CCN(CC(=O)Nc1ccccc1OC)C(=O)c1cncc(Br)c1. The van der Waals surface area contributed by atoms with Crippen molar-refractivity contribution in [3.63, 3.8) is 0 Å². The van der Waals surface area contributed by atoms with Gasteiger partial charge in [0.2, 0.25) is 5.91 Å². The number of hydrogen-bond acceptors (Lipinski definition) is 4. The molecule has 7 heteroatoms. The van der Waals surface area contributed by atoms with Gasteiger partial charge in [-0.3, -0.25) is 14.6 Å². The summed E-state index contributed by atoms with van der Waals surface area (Å²) in [5.41, 5.74) is 0.994. The van der Waals surface area contributed by atoms with Crippen LogP contribution in [0.3, 0.4) is 0 Å². The second-order valence-electron chi connectivity index (χ2n) is 4.96. The number of ether oxygens (including phenoxy) is 1. The first kappa shape index (κ1) is 17.9. The van der Waals surface area contributed by atoms with Gasteiger partial charge in [0.25, 0.3) is 5.91 Å². The summed E-state index contributed by atoms with van der Waals surface area (Å²) in [6, 6.07) is 8.79. The van der Waals surface area contributed by atoms with Crippen LogP contribution in [0.25, 0.3) is 0 Å². The number of likely N-dealkylation sites (N-methyl/N-ethyl adjacent to an activating group) is 1. The molecule has 1 aromatic heterocycles. The van der Waals surface area contributed by atoms with Crippen molar-refractivity contribution in [2.45, 2.75) is 6.92 Å². The number of rotatable bonds is 6. The molecule has 0 fully saturated rings. The van der Waals surface area contributed by atoms with Crippen LogP contribution in [0.5, 0.6) is 5.75 Å². The Hall–Kier alpha value is -2.41. The third kappa shape index (κ3) is 4.55. The lowest BCUT2D eigenvalue weighted by molar-refractivity contribution is -0.116.